The summed E-state index contributed by atoms with van der Waals surface area (Å²) in [5.74, 6) is 0.382. The minimum Gasteiger partial charge on any atom is -0.450 e. The van der Waals surface area contributed by atoms with Gasteiger partial charge in [0.15, 0.2) is 0 Å². The van der Waals surface area contributed by atoms with Crippen LogP contribution in [0.5, 0.6) is 0 Å². The lowest BCUT2D eigenvalue weighted by Crippen LogP contribution is -2.51. The fraction of sp³-hybridized carbons (Fsp3) is 0.682. The number of rotatable bonds is 5. The third-order valence-corrected chi connectivity index (χ3v) is 7.78. The van der Waals surface area contributed by atoms with Crippen LogP contribution < -0.4 is 5.32 Å². The summed E-state index contributed by atoms with van der Waals surface area (Å²) in [4.78, 5) is 43.4. The van der Waals surface area contributed by atoms with Gasteiger partial charge in [-0.1, -0.05) is 0 Å². The number of hydrogen-bond donors (Lipinski definition) is 1. The summed E-state index contributed by atoms with van der Waals surface area (Å²) in [7, 11) is 0. The van der Waals surface area contributed by atoms with Crippen LogP contribution >= 0.6 is 11.3 Å². The molecule has 3 aliphatic rings. The molecule has 1 N–H and O–H groups in total. The van der Waals surface area contributed by atoms with E-state index in [2.05, 4.69) is 16.3 Å². The van der Waals surface area contributed by atoms with Crippen LogP contribution in [0.4, 0.5) is 9.80 Å². The average Bonchev–Trinajstić information content (AvgIpc) is 3.28. The number of piperazine rings is 1. The number of carbonyl (C=O) groups excluding carboxylic acids is 3. The topological polar surface area (TPSA) is 82.2 Å². The molecule has 0 radical (unpaired) electrons. The van der Waals surface area contributed by atoms with Gasteiger partial charge in [-0.3, -0.25) is 14.5 Å². The van der Waals surface area contributed by atoms with Crippen molar-refractivity contribution in [3.05, 3.63) is 17.0 Å². The highest BCUT2D eigenvalue weighted by Crippen LogP contribution is 2.60. The van der Waals surface area contributed by atoms with E-state index in [1.807, 2.05) is 11.0 Å². The Morgan fingerprint density at radius 2 is 1.77 bits per heavy atom. The SMILES string of the molecule is CCOC(=O)N1CCN(C(=O)C2CC23CCN(Cc2ccc(NC(C)=O)s2)CC3)CC1. The van der Waals surface area contributed by atoms with Crippen LogP contribution in [0.15, 0.2) is 12.1 Å². The van der Waals surface area contributed by atoms with Crippen molar-refractivity contribution in [2.45, 2.75) is 39.7 Å². The molecule has 1 unspecified atom stereocenters. The first-order valence-electron chi connectivity index (χ1n) is 11.2. The second-order valence-electron chi connectivity index (χ2n) is 8.85. The fourth-order valence-corrected chi connectivity index (χ4v) is 5.87. The molecule has 1 saturated carbocycles. The summed E-state index contributed by atoms with van der Waals surface area (Å²) in [5, 5.41) is 3.74. The zero-order valence-corrected chi connectivity index (χ0v) is 19.2. The van der Waals surface area contributed by atoms with Crippen LogP contribution in [-0.2, 0) is 20.9 Å². The van der Waals surface area contributed by atoms with Crippen molar-refractivity contribution in [2.75, 3.05) is 51.2 Å². The molecule has 0 aromatic carbocycles. The second kappa shape index (κ2) is 9.16. The number of carbonyl (C=O) groups is 3. The maximum atomic E-state index is 13.0. The van der Waals surface area contributed by atoms with Crippen LogP contribution in [0.25, 0.3) is 0 Å². The van der Waals surface area contributed by atoms with Crippen molar-refractivity contribution in [3.63, 3.8) is 0 Å². The monoisotopic (exact) mass is 448 g/mol. The molecule has 3 amide bonds. The van der Waals surface area contributed by atoms with Gasteiger partial charge in [-0.15, -0.1) is 11.3 Å². The Bertz CT molecular complexity index is 825. The van der Waals surface area contributed by atoms with Gasteiger partial charge in [0.05, 0.1) is 11.6 Å². The van der Waals surface area contributed by atoms with Gasteiger partial charge in [0.25, 0.3) is 0 Å². The molecule has 31 heavy (non-hydrogen) atoms. The molecule has 1 aromatic heterocycles. The third-order valence-electron chi connectivity index (χ3n) is 6.80. The molecule has 8 nitrogen and oxygen atoms in total. The van der Waals surface area contributed by atoms with Crippen LogP contribution in [0, 0.1) is 11.3 Å². The van der Waals surface area contributed by atoms with E-state index in [4.69, 9.17) is 4.74 Å². The molecule has 170 valence electrons. The highest BCUT2D eigenvalue weighted by atomic mass is 32.1. The van der Waals surface area contributed by atoms with Crippen LogP contribution in [0.1, 0.15) is 38.0 Å². The van der Waals surface area contributed by atoms with Crippen molar-refractivity contribution in [1.29, 1.82) is 0 Å². The van der Waals surface area contributed by atoms with Crippen molar-refractivity contribution in [1.82, 2.24) is 14.7 Å². The molecule has 3 fully saturated rings. The molecular formula is C22H32N4O4S. The summed E-state index contributed by atoms with van der Waals surface area (Å²) < 4.78 is 5.06. The summed E-state index contributed by atoms with van der Waals surface area (Å²) in [6.45, 7) is 8.93. The molecule has 1 spiro atoms. The number of anilines is 1. The van der Waals surface area contributed by atoms with E-state index >= 15 is 0 Å². The van der Waals surface area contributed by atoms with Gasteiger partial charge in [-0.05, 0) is 56.8 Å². The predicted molar refractivity (Wildman–Crippen MR) is 119 cm³/mol. The maximum Gasteiger partial charge on any atom is 0.409 e. The predicted octanol–water partition coefficient (Wildman–Crippen LogP) is 2.61. The minimum atomic E-state index is -0.278. The van der Waals surface area contributed by atoms with E-state index in [0.717, 1.165) is 43.9 Å². The smallest absolute Gasteiger partial charge is 0.409 e. The Balaban J connectivity index is 1.22. The number of likely N-dealkylation sites (tertiary alicyclic amines) is 1. The maximum absolute atomic E-state index is 13.0. The number of ether oxygens (including phenoxy) is 1. The molecule has 2 saturated heterocycles. The van der Waals surface area contributed by atoms with E-state index < -0.39 is 0 Å². The number of hydrogen-bond acceptors (Lipinski definition) is 6. The van der Waals surface area contributed by atoms with Crippen LogP contribution in [-0.4, -0.2) is 78.5 Å². The fourth-order valence-electron chi connectivity index (χ4n) is 4.87. The summed E-state index contributed by atoms with van der Waals surface area (Å²) in [6.07, 6.45) is 2.86. The number of nitrogens with one attached hydrogen (secondary N) is 1. The number of amides is 3. The van der Waals surface area contributed by atoms with Crippen molar-refractivity contribution in [2.24, 2.45) is 11.3 Å². The summed E-state index contributed by atoms with van der Waals surface area (Å²) >= 11 is 1.63. The summed E-state index contributed by atoms with van der Waals surface area (Å²) in [5.41, 5.74) is 0.183. The van der Waals surface area contributed by atoms with E-state index in [1.54, 1.807) is 23.2 Å². The van der Waals surface area contributed by atoms with E-state index in [1.165, 1.54) is 11.8 Å². The third kappa shape index (κ3) is 5.03. The lowest BCUT2D eigenvalue weighted by molar-refractivity contribution is -0.135. The van der Waals surface area contributed by atoms with Gasteiger partial charge in [0.2, 0.25) is 11.8 Å². The first-order valence-corrected chi connectivity index (χ1v) is 12.0. The van der Waals surface area contributed by atoms with Gasteiger partial charge in [0.1, 0.15) is 0 Å². The molecular weight excluding hydrogens is 416 g/mol. The Labute approximate surface area is 187 Å². The lowest BCUT2D eigenvalue weighted by Gasteiger charge is -2.36. The Morgan fingerprint density at radius 1 is 1.10 bits per heavy atom. The highest BCUT2D eigenvalue weighted by molar-refractivity contribution is 7.16. The quantitative estimate of drug-likeness (QED) is 0.749. The Hall–Kier alpha value is -2.13. The zero-order chi connectivity index (χ0) is 22.0. The van der Waals surface area contributed by atoms with Crippen molar-refractivity contribution in [3.8, 4) is 0 Å². The Morgan fingerprint density at radius 3 is 2.42 bits per heavy atom. The van der Waals surface area contributed by atoms with Crippen molar-refractivity contribution >= 4 is 34.2 Å². The normalized spacial score (nSPS) is 23.0. The van der Waals surface area contributed by atoms with Crippen LogP contribution in [0.2, 0.25) is 0 Å². The minimum absolute atomic E-state index is 0.0416. The van der Waals surface area contributed by atoms with Gasteiger partial charge in [-0.2, -0.15) is 0 Å². The van der Waals surface area contributed by atoms with Crippen molar-refractivity contribution < 1.29 is 19.1 Å². The van der Waals surface area contributed by atoms with E-state index in [9.17, 15) is 14.4 Å². The number of thiophene rings is 1. The summed E-state index contributed by atoms with van der Waals surface area (Å²) in [6, 6.07) is 4.05. The van der Waals surface area contributed by atoms with E-state index in [0.29, 0.717) is 32.8 Å². The van der Waals surface area contributed by atoms with Gasteiger partial charge < -0.3 is 19.9 Å². The first-order chi connectivity index (χ1) is 14.9. The van der Waals surface area contributed by atoms with Gasteiger partial charge >= 0.3 is 6.09 Å². The average molecular weight is 449 g/mol. The molecule has 3 heterocycles. The molecule has 9 heteroatoms. The molecule has 1 atom stereocenters. The zero-order valence-electron chi connectivity index (χ0n) is 18.4. The largest absolute Gasteiger partial charge is 0.450 e. The standard InChI is InChI=1S/C22H32N4O4S/c1-3-30-21(29)26-12-10-25(11-13-26)20(28)18-14-22(18)6-8-24(9-7-22)15-17-4-5-19(31-17)23-16(2)27/h4-5,18H,3,6-15H2,1-2H3,(H,23,27). The molecule has 2 aliphatic heterocycles. The van der Waals surface area contributed by atoms with Gasteiger partial charge in [0, 0.05) is 50.4 Å². The first kappa shape index (κ1) is 22.1. The number of nitrogens with zero attached hydrogens (tertiary/aromatic N) is 3. The molecule has 1 aliphatic carbocycles. The van der Waals surface area contributed by atoms with Crippen LogP contribution in [0.3, 0.4) is 0 Å². The number of piperidine rings is 1. The van der Waals surface area contributed by atoms with E-state index in [-0.39, 0.29) is 29.2 Å². The lowest BCUT2D eigenvalue weighted by atomic mass is 9.90. The molecule has 1 aromatic rings. The highest BCUT2D eigenvalue weighted by Gasteiger charge is 2.59. The Kier molecular flexibility index (Phi) is 6.52. The van der Waals surface area contributed by atoms with Gasteiger partial charge in [-0.25, -0.2) is 4.79 Å². The molecule has 0 bridgehead atoms. The second-order valence-corrected chi connectivity index (χ2v) is 10.0. The molecule has 4 rings (SSSR count).